The molecule has 1 atom stereocenters. The maximum absolute atomic E-state index is 11.0. The van der Waals surface area contributed by atoms with Crippen molar-refractivity contribution >= 4 is 11.9 Å². The van der Waals surface area contributed by atoms with E-state index in [1.807, 2.05) is 0 Å². The van der Waals surface area contributed by atoms with E-state index in [4.69, 9.17) is 5.11 Å². The van der Waals surface area contributed by atoms with E-state index in [1.165, 1.54) is 13.0 Å². The van der Waals surface area contributed by atoms with Crippen LogP contribution < -0.4 is 0 Å². The van der Waals surface area contributed by atoms with Crippen molar-refractivity contribution < 1.29 is 24.2 Å². The number of hydrogen-bond donors (Lipinski definition) is 1. The van der Waals surface area contributed by atoms with E-state index in [1.54, 1.807) is 0 Å². The topological polar surface area (TPSA) is 72.8 Å². The zero-order valence-corrected chi connectivity index (χ0v) is 7.80. The minimum Gasteiger partial charge on any atom is -0.516 e. The fraction of sp³-hybridized carbons (Fsp3) is 0.333. The standard InChI is InChI=1S/C9H12O5/c1-3-8(11)14-7(2)9(12)13-6-4-5-10/h3-5,7,10H,1,6H2,2H3. The zero-order chi connectivity index (χ0) is 11.0. The van der Waals surface area contributed by atoms with E-state index in [-0.39, 0.29) is 6.61 Å². The van der Waals surface area contributed by atoms with Crippen LogP contribution >= 0.6 is 0 Å². The predicted octanol–water partition coefficient (Wildman–Crippen LogP) is 0.719. The van der Waals surface area contributed by atoms with E-state index in [2.05, 4.69) is 16.1 Å². The van der Waals surface area contributed by atoms with Gasteiger partial charge in [0.15, 0.2) is 6.10 Å². The van der Waals surface area contributed by atoms with Crippen molar-refractivity contribution in [3.8, 4) is 0 Å². The Morgan fingerprint density at radius 2 is 2.21 bits per heavy atom. The van der Waals surface area contributed by atoms with Crippen LogP contribution in [0, 0.1) is 0 Å². The number of rotatable bonds is 5. The van der Waals surface area contributed by atoms with Gasteiger partial charge in [0.05, 0.1) is 6.26 Å². The number of esters is 2. The number of carbonyl (C=O) groups is 2. The molecule has 0 saturated heterocycles. The number of aliphatic hydroxyl groups is 1. The van der Waals surface area contributed by atoms with Crippen LogP contribution in [0.5, 0.6) is 0 Å². The van der Waals surface area contributed by atoms with Crippen LogP contribution in [0.4, 0.5) is 0 Å². The minimum atomic E-state index is -0.979. The fourth-order valence-corrected chi connectivity index (χ4v) is 0.561. The van der Waals surface area contributed by atoms with Crippen LogP contribution in [0.3, 0.4) is 0 Å². The Hall–Kier alpha value is -1.78. The molecule has 0 aliphatic carbocycles. The second-order valence-corrected chi connectivity index (χ2v) is 2.30. The number of ether oxygens (including phenoxy) is 2. The molecule has 0 rings (SSSR count). The van der Waals surface area contributed by atoms with Gasteiger partial charge in [0.2, 0.25) is 0 Å². The molecule has 78 valence electrons. The Bertz CT molecular complexity index is 244. The molecule has 0 bridgehead atoms. The summed E-state index contributed by atoms with van der Waals surface area (Å²) in [4.78, 5) is 21.7. The van der Waals surface area contributed by atoms with Gasteiger partial charge in [0.25, 0.3) is 0 Å². The van der Waals surface area contributed by atoms with Gasteiger partial charge in [-0.2, -0.15) is 0 Å². The Kier molecular flexibility index (Phi) is 5.85. The van der Waals surface area contributed by atoms with E-state index < -0.39 is 18.0 Å². The zero-order valence-electron chi connectivity index (χ0n) is 7.80. The van der Waals surface area contributed by atoms with Crippen molar-refractivity contribution in [2.24, 2.45) is 0 Å². The van der Waals surface area contributed by atoms with Gasteiger partial charge in [-0.05, 0) is 13.0 Å². The summed E-state index contributed by atoms with van der Waals surface area (Å²) in [6, 6.07) is 0. The molecule has 0 heterocycles. The lowest BCUT2D eigenvalue weighted by Gasteiger charge is -2.09. The van der Waals surface area contributed by atoms with Gasteiger partial charge < -0.3 is 14.6 Å². The van der Waals surface area contributed by atoms with Crippen molar-refractivity contribution in [3.05, 3.63) is 25.0 Å². The molecule has 0 amide bonds. The molecule has 0 aromatic rings. The Morgan fingerprint density at radius 1 is 1.57 bits per heavy atom. The SMILES string of the molecule is C=CC(=O)OC(C)C(=O)OCC=CO. The molecule has 14 heavy (non-hydrogen) atoms. The Morgan fingerprint density at radius 3 is 2.71 bits per heavy atom. The second-order valence-electron chi connectivity index (χ2n) is 2.30. The summed E-state index contributed by atoms with van der Waals surface area (Å²) in [7, 11) is 0. The summed E-state index contributed by atoms with van der Waals surface area (Å²) in [6.07, 6.45) is 1.97. The Balaban J connectivity index is 3.87. The predicted molar refractivity (Wildman–Crippen MR) is 48.5 cm³/mol. The summed E-state index contributed by atoms with van der Waals surface area (Å²) in [6.45, 7) is 4.49. The monoisotopic (exact) mass is 200 g/mol. The lowest BCUT2D eigenvalue weighted by Crippen LogP contribution is -2.25. The van der Waals surface area contributed by atoms with Crippen LogP contribution in [0.15, 0.2) is 25.0 Å². The molecule has 1 unspecified atom stereocenters. The molecule has 0 aromatic heterocycles. The first kappa shape index (κ1) is 12.2. The van der Waals surface area contributed by atoms with Crippen molar-refractivity contribution in [1.29, 1.82) is 0 Å². The van der Waals surface area contributed by atoms with Crippen molar-refractivity contribution in [2.75, 3.05) is 6.61 Å². The maximum atomic E-state index is 11.0. The van der Waals surface area contributed by atoms with E-state index in [0.29, 0.717) is 0 Å². The van der Waals surface area contributed by atoms with Crippen molar-refractivity contribution in [2.45, 2.75) is 13.0 Å². The first-order chi connectivity index (χ1) is 6.61. The van der Waals surface area contributed by atoms with Crippen LogP contribution in [0.25, 0.3) is 0 Å². The third-order valence-electron chi connectivity index (χ3n) is 1.22. The highest BCUT2D eigenvalue weighted by atomic mass is 16.6. The summed E-state index contributed by atoms with van der Waals surface area (Å²) >= 11 is 0. The highest BCUT2D eigenvalue weighted by Gasteiger charge is 2.16. The normalized spacial score (nSPS) is 12.1. The maximum Gasteiger partial charge on any atom is 0.347 e. The van der Waals surface area contributed by atoms with Crippen LogP contribution in [-0.2, 0) is 19.1 Å². The molecular weight excluding hydrogens is 188 g/mol. The van der Waals surface area contributed by atoms with Crippen LogP contribution in [0.1, 0.15) is 6.92 Å². The lowest BCUT2D eigenvalue weighted by molar-refractivity contribution is -0.162. The highest BCUT2D eigenvalue weighted by Crippen LogP contribution is 1.96. The molecule has 5 heteroatoms. The molecule has 0 aliphatic heterocycles. The number of aliphatic hydroxyl groups excluding tert-OH is 1. The van der Waals surface area contributed by atoms with Crippen molar-refractivity contribution in [1.82, 2.24) is 0 Å². The molecule has 0 aromatic carbocycles. The summed E-state index contributed by atoms with van der Waals surface area (Å²) < 4.78 is 9.17. The van der Waals surface area contributed by atoms with Gasteiger partial charge in [-0.25, -0.2) is 9.59 Å². The molecular formula is C9H12O5. The van der Waals surface area contributed by atoms with E-state index >= 15 is 0 Å². The number of hydrogen-bond acceptors (Lipinski definition) is 5. The van der Waals surface area contributed by atoms with Crippen molar-refractivity contribution in [3.63, 3.8) is 0 Å². The quantitative estimate of drug-likeness (QED) is 0.402. The summed E-state index contributed by atoms with van der Waals surface area (Å²) in [5.74, 6) is -1.37. The summed E-state index contributed by atoms with van der Waals surface area (Å²) in [5.41, 5.74) is 0. The first-order valence-electron chi connectivity index (χ1n) is 3.90. The van der Waals surface area contributed by atoms with Gasteiger partial charge in [0.1, 0.15) is 6.61 Å². The van der Waals surface area contributed by atoms with Gasteiger partial charge in [-0.15, -0.1) is 0 Å². The minimum absolute atomic E-state index is 0.0642. The third kappa shape index (κ3) is 4.97. The van der Waals surface area contributed by atoms with Gasteiger partial charge >= 0.3 is 11.9 Å². The molecule has 5 nitrogen and oxygen atoms in total. The van der Waals surface area contributed by atoms with Crippen LogP contribution in [-0.4, -0.2) is 29.8 Å². The van der Waals surface area contributed by atoms with Crippen LogP contribution in [0.2, 0.25) is 0 Å². The molecule has 0 fully saturated rings. The molecule has 1 N–H and O–H groups in total. The number of carbonyl (C=O) groups excluding carboxylic acids is 2. The largest absolute Gasteiger partial charge is 0.516 e. The highest BCUT2D eigenvalue weighted by molar-refractivity contribution is 5.84. The molecule has 0 spiro atoms. The van der Waals surface area contributed by atoms with E-state index in [0.717, 1.165) is 12.3 Å². The Labute approximate surface area is 81.6 Å². The molecule has 0 aliphatic rings. The first-order valence-corrected chi connectivity index (χ1v) is 3.90. The molecule has 0 radical (unpaired) electrons. The van der Waals surface area contributed by atoms with Gasteiger partial charge in [0, 0.05) is 6.08 Å². The molecule has 0 saturated carbocycles. The smallest absolute Gasteiger partial charge is 0.347 e. The average Bonchev–Trinajstić information content (AvgIpc) is 2.17. The average molecular weight is 200 g/mol. The lowest BCUT2D eigenvalue weighted by atomic mass is 10.4. The van der Waals surface area contributed by atoms with E-state index in [9.17, 15) is 9.59 Å². The second kappa shape index (κ2) is 6.71. The third-order valence-corrected chi connectivity index (χ3v) is 1.22. The summed E-state index contributed by atoms with van der Waals surface area (Å²) in [5, 5.41) is 8.23. The van der Waals surface area contributed by atoms with Gasteiger partial charge in [-0.3, -0.25) is 0 Å². The fourth-order valence-electron chi connectivity index (χ4n) is 0.561. The van der Waals surface area contributed by atoms with Gasteiger partial charge in [-0.1, -0.05) is 6.58 Å².